The van der Waals surface area contributed by atoms with E-state index in [9.17, 15) is 9.59 Å². The van der Waals surface area contributed by atoms with Crippen molar-refractivity contribution in [3.63, 3.8) is 0 Å². The molecule has 110 valence electrons. The Morgan fingerprint density at radius 3 is 2.73 bits per heavy atom. The summed E-state index contributed by atoms with van der Waals surface area (Å²) in [4.78, 5) is 27.0. The molecular formula is C17H13ClN2O2. The molecule has 1 heterocycles. The maximum Gasteiger partial charge on any atom is 0.256 e. The van der Waals surface area contributed by atoms with Gasteiger partial charge in [-0.05, 0) is 30.7 Å². The molecule has 2 N–H and O–H groups in total. The molecule has 0 saturated heterocycles. The van der Waals surface area contributed by atoms with Crippen molar-refractivity contribution < 1.29 is 4.79 Å². The largest absolute Gasteiger partial charge is 0.322 e. The van der Waals surface area contributed by atoms with E-state index in [0.29, 0.717) is 27.2 Å². The lowest BCUT2D eigenvalue weighted by atomic mass is 10.1. The molecule has 2 aromatic carbocycles. The topological polar surface area (TPSA) is 62.0 Å². The number of rotatable bonds is 2. The summed E-state index contributed by atoms with van der Waals surface area (Å²) in [5.74, 6) is -0.340. The minimum absolute atomic E-state index is 0.313. The van der Waals surface area contributed by atoms with Gasteiger partial charge in [0.2, 0.25) is 5.56 Å². The van der Waals surface area contributed by atoms with Gasteiger partial charge in [0.15, 0.2) is 0 Å². The summed E-state index contributed by atoms with van der Waals surface area (Å²) in [6.45, 7) is 1.88. The van der Waals surface area contributed by atoms with E-state index in [1.807, 2.05) is 19.1 Å². The fourth-order valence-corrected chi connectivity index (χ4v) is 2.48. The van der Waals surface area contributed by atoms with Crippen LogP contribution in [-0.4, -0.2) is 10.9 Å². The highest BCUT2D eigenvalue weighted by Crippen LogP contribution is 2.22. The van der Waals surface area contributed by atoms with Gasteiger partial charge < -0.3 is 10.3 Å². The molecule has 3 aromatic rings. The first-order valence-corrected chi connectivity index (χ1v) is 7.12. The molecule has 0 aliphatic rings. The Morgan fingerprint density at radius 2 is 1.91 bits per heavy atom. The smallest absolute Gasteiger partial charge is 0.256 e. The van der Waals surface area contributed by atoms with E-state index >= 15 is 0 Å². The minimum Gasteiger partial charge on any atom is -0.322 e. The first-order valence-electron chi connectivity index (χ1n) is 6.74. The van der Waals surface area contributed by atoms with Crippen molar-refractivity contribution in [1.82, 2.24) is 4.98 Å². The fourth-order valence-electron chi connectivity index (χ4n) is 2.31. The van der Waals surface area contributed by atoms with Crippen LogP contribution in [0.15, 0.2) is 53.3 Å². The lowest BCUT2D eigenvalue weighted by Gasteiger charge is -2.10. The van der Waals surface area contributed by atoms with E-state index in [1.54, 1.807) is 30.3 Å². The minimum atomic E-state index is -0.340. The van der Waals surface area contributed by atoms with Gasteiger partial charge in [0.25, 0.3) is 5.91 Å². The molecule has 22 heavy (non-hydrogen) atoms. The Labute approximate surface area is 131 Å². The van der Waals surface area contributed by atoms with Gasteiger partial charge in [-0.3, -0.25) is 9.59 Å². The number of anilines is 1. The molecule has 3 rings (SSSR count). The monoisotopic (exact) mass is 312 g/mol. The molecule has 0 radical (unpaired) electrons. The number of amides is 1. The molecule has 1 amide bonds. The number of carbonyl (C=O) groups is 1. The molecule has 0 aliphatic heterocycles. The van der Waals surface area contributed by atoms with Gasteiger partial charge in [-0.2, -0.15) is 0 Å². The van der Waals surface area contributed by atoms with Crippen LogP contribution in [-0.2, 0) is 0 Å². The van der Waals surface area contributed by atoms with E-state index in [4.69, 9.17) is 11.6 Å². The molecule has 0 fully saturated rings. The van der Waals surface area contributed by atoms with Crippen molar-refractivity contribution in [3.05, 3.63) is 75.0 Å². The Hall–Kier alpha value is -2.59. The van der Waals surface area contributed by atoms with Gasteiger partial charge in [0.1, 0.15) is 0 Å². The summed E-state index contributed by atoms with van der Waals surface area (Å²) in [6.07, 6.45) is 0. The van der Waals surface area contributed by atoms with Crippen LogP contribution >= 0.6 is 11.6 Å². The summed E-state index contributed by atoms with van der Waals surface area (Å²) in [6, 6.07) is 13.8. The average molecular weight is 313 g/mol. The number of fused-ring (bicyclic) bond motifs is 1. The predicted octanol–water partition coefficient (Wildman–Crippen LogP) is 3.74. The number of halogens is 1. The van der Waals surface area contributed by atoms with E-state index in [-0.39, 0.29) is 11.5 Å². The van der Waals surface area contributed by atoms with Crippen LogP contribution in [0.2, 0.25) is 5.02 Å². The molecule has 0 aliphatic carbocycles. The number of hydrogen-bond acceptors (Lipinski definition) is 2. The number of aromatic amines is 1. The number of aromatic nitrogens is 1. The zero-order valence-electron chi connectivity index (χ0n) is 11.8. The third-order valence-corrected chi connectivity index (χ3v) is 3.68. The average Bonchev–Trinajstić information content (AvgIpc) is 2.50. The highest BCUT2D eigenvalue weighted by Gasteiger charge is 2.13. The van der Waals surface area contributed by atoms with Gasteiger partial charge in [-0.1, -0.05) is 35.9 Å². The predicted molar refractivity (Wildman–Crippen MR) is 88.7 cm³/mol. The maximum absolute atomic E-state index is 12.5. The molecule has 0 saturated carbocycles. The Kier molecular flexibility index (Phi) is 3.69. The van der Waals surface area contributed by atoms with Crippen LogP contribution in [0.1, 0.15) is 15.9 Å². The summed E-state index contributed by atoms with van der Waals surface area (Å²) in [7, 11) is 0. The van der Waals surface area contributed by atoms with E-state index in [0.717, 1.165) is 5.56 Å². The zero-order chi connectivity index (χ0) is 15.7. The lowest BCUT2D eigenvalue weighted by Crippen LogP contribution is -2.17. The lowest BCUT2D eigenvalue weighted by molar-refractivity contribution is 0.102. The number of pyridine rings is 1. The number of H-pyrrole nitrogens is 1. The molecule has 5 heteroatoms. The third kappa shape index (κ3) is 2.73. The van der Waals surface area contributed by atoms with Crippen molar-refractivity contribution in [1.29, 1.82) is 0 Å². The number of para-hydroxylation sites is 1. The van der Waals surface area contributed by atoms with Gasteiger partial charge in [-0.15, -0.1) is 0 Å². The molecule has 0 bridgehead atoms. The maximum atomic E-state index is 12.5. The number of benzene rings is 2. The summed E-state index contributed by atoms with van der Waals surface area (Å²) in [5, 5.41) is 4.04. The van der Waals surface area contributed by atoms with Crippen molar-refractivity contribution >= 4 is 34.1 Å². The number of nitrogens with one attached hydrogen (secondary N) is 2. The van der Waals surface area contributed by atoms with E-state index < -0.39 is 0 Å². The number of aryl methyl sites for hydroxylation is 1. The molecule has 1 aromatic heterocycles. The summed E-state index contributed by atoms with van der Waals surface area (Å²) in [5.41, 5.74) is 2.17. The van der Waals surface area contributed by atoms with Crippen LogP contribution in [0.25, 0.3) is 10.9 Å². The van der Waals surface area contributed by atoms with Gasteiger partial charge in [0, 0.05) is 27.7 Å². The van der Waals surface area contributed by atoms with Gasteiger partial charge >= 0.3 is 0 Å². The number of carbonyl (C=O) groups excluding carboxylic acids is 1. The second-order valence-corrected chi connectivity index (χ2v) is 5.44. The Balaban J connectivity index is 2.06. The van der Waals surface area contributed by atoms with Gasteiger partial charge in [0.05, 0.1) is 5.56 Å². The molecular weight excluding hydrogens is 300 g/mol. The van der Waals surface area contributed by atoms with Gasteiger partial charge in [-0.25, -0.2) is 0 Å². The zero-order valence-corrected chi connectivity index (χ0v) is 12.6. The standard InChI is InChI=1S/C17H13ClN2O2/c1-10-6-7-11(18)8-15(10)20-17(22)13-9-16(21)19-14-5-3-2-4-12(13)14/h2-9H,1H3,(H,19,21)(H,20,22). The van der Waals surface area contributed by atoms with Crippen LogP contribution in [0.3, 0.4) is 0 Å². The van der Waals surface area contributed by atoms with Crippen LogP contribution < -0.4 is 10.9 Å². The highest BCUT2D eigenvalue weighted by molar-refractivity contribution is 6.31. The Bertz CT molecular complexity index is 931. The van der Waals surface area contributed by atoms with Crippen molar-refractivity contribution in [2.24, 2.45) is 0 Å². The normalized spacial score (nSPS) is 10.6. The SMILES string of the molecule is Cc1ccc(Cl)cc1NC(=O)c1cc(=O)[nH]c2ccccc12. The molecule has 0 unspecified atom stereocenters. The first-order chi connectivity index (χ1) is 10.5. The quantitative estimate of drug-likeness (QED) is 0.757. The summed E-state index contributed by atoms with van der Waals surface area (Å²) >= 11 is 5.96. The second kappa shape index (κ2) is 5.66. The molecule has 4 nitrogen and oxygen atoms in total. The Morgan fingerprint density at radius 1 is 1.14 bits per heavy atom. The van der Waals surface area contributed by atoms with Crippen LogP contribution in [0.4, 0.5) is 5.69 Å². The summed E-state index contributed by atoms with van der Waals surface area (Å²) < 4.78 is 0. The number of hydrogen-bond donors (Lipinski definition) is 2. The van der Waals surface area contributed by atoms with Crippen LogP contribution in [0, 0.1) is 6.92 Å². The van der Waals surface area contributed by atoms with Crippen molar-refractivity contribution in [3.8, 4) is 0 Å². The van der Waals surface area contributed by atoms with Crippen molar-refractivity contribution in [2.75, 3.05) is 5.32 Å². The molecule has 0 atom stereocenters. The fraction of sp³-hybridized carbons (Fsp3) is 0.0588. The van der Waals surface area contributed by atoms with E-state index in [2.05, 4.69) is 10.3 Å². The molecule has 0 spiro atoms. The first kappa shape index (κ1) is 14.4. The second-order valence-electron chi connectivity index (χ2n) is 5.01. The third-order valence-electron chi connectivity index (χ3n) is 3.44. The van der Waals surface area contributed by atoms with Crippen LogP contribution in [0.5, 0.6) is 0 Å². The highest BCUT2D eigenvalue weighted by atomic mass is 35.5. The van der Waals surface area contributed by atoms with E-state index in [1.165, 1.54) is 6.07 Å². The van der Waals surface area contributed by atoms with Crippen molar-refractivity contribution in [2.45, 2.75) is 6.92 Å².